The lowest BCUT2D eigenvalue weighted by Gasteiger charge is -2.07. The van der Waals surface area contributed by atoms with E-state index < -0.39 is 0 Å². The van der Waals surface area contributed by atoms with E-state index in [2.05, 4.69) is 26.2 Å². The number of hydrogen-bond donors (Lipinski definition) is 2. The number of nitrogens with one attached hydrogen (secondary N) is 1. The largest absolute Gasteiger partial charge is 0.508 e. The summed E-state index contributed by atoms with van der Waals surface area (Å²) in [6.07, 6.45) is 1.65. The molecule has 2 aromatic rings. The summed E-state index contributed by atoms with van der Waals surface area (Å²) >= 11 is 3.36. The summed E-state index contributed by atoms with van der Waals surface area (Å²) in [6.45, 7) is 3.67. The molecule has 0 aliphatic rings. The number of hydrogen-bond acceptors (Lipinski definition) is 3. The van der Waals surface area contributed by atoms with Crippen LogP contribution in [-0.4, -0.2) is 16.0 Å². The van der Waals surface area contributed by atoms with Gasteiger partial charge in [0.05, 0.1) is 0 Å². The number of pyridine rings is 1. The lowest BCUT2D eigenvalue weighted by molar-refractivity contribution is 0.102. The average molecular weight is 321 g/mol. The fourth-order valence-electron chi connectivity index (χ4n) is 1.59. The number of aryl methyl sites for hydroxylation is 2. The third kappa shape index (κ3) is 3.12. The van der Waals surface area contributed by atoms with Crippen molar-refractivity contribution >= 4 is 27.7 Å². The van der Waals surface area contributed by atoms with Crippen molar-refractivity contribution in [2.75, 3.05) is 5.32 Å². The van der Waals surface area contributed by atoms with Gasteiger partial charge in [-0.2, -0.15) is 0 Å². The normalized spacial score (nSPS) is 10.3. The minimum absolute atomic E-state index is 0.175. The highest BCUT2D eigenvalue weighted by atomic mass is 79.9. The Kier molecular flexibility index (Phi) is 3.85. The van der Waals surface area contributed by atoms with Crippen LogP contribution in [0.1, 0.15) is 21.5 Å². The van der Waals surface area contributed by atoms with Gasteiger partial charge in [0.1, 0.15) is 11.6 Å². The van der Waals surface area contributed by atoms with Gasteiger partial charge in [-0.15, -0.1) is 0 Å². The van der Waals surface area contributed by atoms with Crippen molar-refractivity contribution in [3.05, 3.63) is 51.6 Å². The van der Waals surface area contributed by atoms with Crippen LogP contribution in [0.2, 0.25) is 0 Å². The standard InChI is InChI=1S/C14H13BrN2O2/c1-8-6-13(16-7-11(8)15)17-14(19)10-3-4-12(18)9(2)5-10/h3-7,18H,1-2H3,(H,16,17,19). The molecule has 1 aromatic carbocycles. The van der Waals surface area contributed by atoms with Crippen molar-refractivity contribution in [2.45, 2.75) is 13.8 Å². The van der Waals surface area contributed by atoms with E-state index in [1.807, 2.05) is 6.92 Å². The number of rotatable bonds is 2. The maximum atomic E-state index is 12.0. The predicted octanol–water partition coefficient (Wildman–Crippen LogP) is 3.42. The minimum atomic E-state index is -0.252. The molecule has 5 heteroatoms. The van der Waals surface area contributed by atoms with Crippen LogP contribution in [0.25, 0.3) is 0 Å². The molecule has 0 fully saturated rings. The van der Waals surface area contributed by atoms with E-state index in [4.69, 9.17) is 0 Å². The van der Waals surface area contributed by atoms with E-state index in [-0.39, 0.29) is 11.7 Å². The molecule has 4 nitrogen and oxygen atoms in total. The van der Waals surface area contributed by atoms with Crippen LogP contribution in [0.15, 0.2) is 34.9 Å². The SMILES string of the molecule is Cc1cc(C(=O)Nc2cc(C)c(Br)cn2)ccc1O. The van der Waals surface area contributed by atoms with Crippen LogP contribution in [-0.2, 0) is 0 Å². The van der Waals surface area contributed by atoms with Crippen LogP contribution in [0.4, 0.5) is 5.82 Å². The number of aromatic hydroxyl groups is 1. The molecule has 2 N–H and O–H groups in total. The third-order valence-electron chi connectivity index (χ3n) is 2.75. The lowest BCUT2D eigenvalue weighted by Crippen LogP contribution is -2.13. The monoisotopic (exact) mass is 320 g/mol. The van der Waals surface area contributed by atoms with Crippen molar-refractivity contribution in [2.24, 2.45) is 0 Å². The zero-order chi connectivity index (χ0) is 14.0. The molecular formula is C14H13BrN2O2. The van der Waals surface area contributed by atoms with Gasteiger partial charge in [0.25, 0.3) is 5.91 Å². The Balaban J connectivity index is 2.20. The molecule has 2 rings (SSSR count). The van der Waals surface area contributed by atoms with Crippen LogP contribution in [0, 0.1) is 13.8 Å². The van der Waals surface area contributed by atoms with E-state index in [1.54, 1.807) is 31.3 Å². The summed E-state index contributed by atoms with van der Waals surface area (Å²) in [4.78, 5) is 16.1. The van der Waals surface area contributed by atoms with Gasteiger partial charge in [-0.1, -0.05) is 0 Å². The van der Waals surface area contributed by atoms with Crippen molar-refractivity contribution in [3.8, 4) is 5.75 Å². The zero-order valence-electron chi connectivity index (χ0n) is 10.6. The molecule has 0 saturated carbocycles. The first-order chi connectivity index (χ1) is 8.97. The number of benzene rings is 1. The number of carbonyl (C=O) groups excluding carboxylic acids is 1. The Morgan fingerprint density at radius 3 is 2.63 bits per heavy atom. The molecule has 0 aliphatic heterocycles. The van der Waals surface area contributed by atoms with Gasteiger partial charge in [-0.05, 0) is 65.2 Å². The first kappa shape index (κ1) is 13.5. The molecule has 19 heavy (non-hydrogen) atoms. The fourth-order valence-corrected chi connectivity index (χ4v) is 1.81. The molecule has 0 aliphatic carbocycles. The first-order valence-corrected chi connectivity index (χ1v) is 6.50. The lowest BCUT2D eigenvalue weighted by atomic mass is 10.1. The number of amides is 1. The Hall–Kier alpha value is -1.88. The number of nitrogens with zero attached hydrogens (tertiary/aromatic N) is 1. The molecule has 98 valence electrons. The average Bonchev–Trinajstić information content (AvgIpc) is 2.37. The smallest absolute Gasteiger partial charge is 0.256 e. The van der Waals surface area contributed by atoms with Gasteiger partial charge in [0.2, 0.25) is 0 Å². The quantitative estimate of drug-likeness (QED) is 0.891. The van der Waals surface area contributed by atoms with Gasteiger partial charge in [-0.3, -0.25) is 4.79 Å². The molecule has 0 atom stereocenters. The first-order valence-electron chi connectivity index (χ1n) is 5.70. The summed E-state index contributed by atoms with van der Waals surface area (Å²) in [5.41, 5.74) is 2.14. The molecule has 1 amide bonds. The number of carbonyl (C=O) groups is 1. The Labute approximate surface area is 119 Å². The van der Waals surface area contributed by atoms with Crippen molar-refractivity contribution in [1.29, 1.82) is 0 Å². The third-order valence-corrected chi connectivity index (χ3v) is 3.58. The highest BCUT2D eigenvalue weighted by molar-refractivity contribution is 9.10. The summed E-state index contributed by atoms with van der Waals surface area (Å²) in [5, 5.41) is 12.2. The van der Waals surface area contributed by atoms with E-state index in [9.17, 15) is 9.90 Å². The summed E-state index contributed by atoms with van der Waals surface area (Å²) < 4.78 is 0.894. The Morgan fingerprint density at radius 2 is 2.00 bits per heavy atom. The number of halogens is 1. The molecule has 0 bridgehead atoms. The van der Waals surface area contributed by atoms with Gasteiger partial charge < -0.3 is 10.4 Å². The van der Waals surface area contributed by atoms with Crippen molar-refractivity contribution < 1.29 is 9.90 Å². The van der Waals surface area contributed by atoms with Gasteiger partial charge in [0.15, 0.2) is 0 Å². The fraction of sp³-hybridized carbons (Fsp3) is 0.143. The number of phenols is 1. The van der Waals surface area contributed by atoms with E-state index in [0.29, 0.717) is 16.9 Å². The minimum Gasteiger partial charge on any atom is -0.508 e. The van der Waals surface area contributed by atoms with Gasteiger partial charge in [-0.25, -0.2) is 4.98 Å². The Bertz CT molecular complexity index is 641. The molecule has 1 aromatic heterocycles. The van der Waals surface area contributed by atoms with Crippen LogP contribution >= 0.6 is 15.9 Å². The second kappa shape index (κ2) is 5.40. The summed E-state index contributed by atoms with van der Waals surface area (Å²) in [6, 6.07) is 6.50. The predicted molar refractivity (Wildman–Crippen MR) is 77.5 cm³/mol. The van der Waals surface area contributed by atoms with Crippen molar-refractivity contribution in [3.63, 3.8) is 0 Å². The highest BCUT2D eigenvalue weighted by Crippen LogP contribution is 2.19. The maximum Gasteiger partial charge on any atom is 0.256 e. The van der Waals surface area contributed by atoms with E-state index >= 15 is 0 Å². The summed E-state index contributed by atoms with van der Waals surface area (Å²) in [5.74, 6) is 0.419. The second-order valence-corrected chi connectivity index (χ2v) is 5.13. The number of phenolic OH excluding ortho intramolecular Hbond substituents is 1. The highest BCUT2D eigenvalue weighted by Gasteiger charge is 2.09. The Morgan fingerprint density at radius 1 is 1.26 bits per heavy atom. The van der Waals surface area contributed by atoms with Crippen LogP contribution < -0.4 is 5.32 Å². The van der Waals surface area contributed by atoms with Gasteiger partial charge in [0, 0.05) is 16.2 Å². The van der Waals surface area contributed by atoms with Gasteiger partial charge >= 0.3 is 0 Å². The van der Waals surface area contributed by atoms with Crippen molar-refractivity contribution in [1.82, 2.24) is 4.98 Å². The molecule has 0 unspecified atom stereocenters. The van der Waals surface area contributed by atoms with Crippen LogP contribution in [0.5, 0.6) is 5.75 Å². The maximum absolute atomic E-state index is 12.0. The molecule has 1 heterocycles. The molecular weight excluding hydrogens is 308 g/mol. The summed E-state index contributed by atoms with van der Waals surface area (Å²) in [7, 11) is 0. The number of aromatic nitrogens is 1. The number of anilines is 1. The zero-order valence-corrected chi connectivity index (χ0v) is 12.2. The van der Waals surface area contributed by atoms with E-state index in [0.717, 1.165) is 10.0 Å². The molecule has 0 radical (unpaired) electrons. The van der Waals surface area contributed by atoms with E-state index in [1.165, 1.54) is 6.07 Å². The topological polar surface area (TPSA) is 62.2 Å². The molecule has 0 saturated heterocycles. The second-order valence-electron chi connectivity index (χ2n) is 4.27. The molecule has 0 spiro atoms. The van der Waals surface area contributed by atoms with Crippen LogP contribution in [0.3, 0.4) is 0 Å².